The lowest BCUT2D eigenvalue weighted by molar-refractivity contribution is -0.143. The molecule has 1 heterocycles. The normalized spacial score (nSPS) is 11.1. The van der Waals surface area contributed by atoms with Gasteiger partial charge in [-0.2, -0.15) is 0 Å². The molecule has 0 spiro atoms. The molecule has 5 nitrogen and oxygen atoms in total. The molecule has 5 heteroatoms. The van der Waals surface area contributed by atoms with Crippen molar-refractivity contribution in [2.75, 3.05) is 6.61 Å². The Morgan fingerprint density at radius 2 is 2.33 bits per heavy atom. The third-order valence-electron chi connectivity index (χ3n) is 1.65. The minimum Gasteiger partial charge on any atom is -0.477 e. The summed E-state index contributed by atoms with van der Waals surface area (Å²) >= 11 is 0. The summed E-state index contributed by atoms with van der Waals surface area (Å²) in [6.45, 7) is 1.76. The summed E-state index contributed by atoms with van der Waals surface area (Å²) in [6.07, 6.45) is 2.87. The van der Waals surface area contributed by atoms with E-state index in [9.17, 15) is 9.59 Å². The van der Waals surface area contributed by atoms with E-state index in [-0.39, 0.29) is 12.2 Å². The number of aromatic nitrogens is 1. The van der Waals surface area contributed by atoms with Crippen LogP contribution in [0.3, 0.4) is 0 Å². The second-order valence-corrected chi connectivity index (χ2v) is 2.71. The molecule has 0 aliphatic heterocycles. The van der Waals surface area contributed by atoms with Gasteiger partial charge in [0.25, 0.3) is 0 Å². The van der Waals surface area contributed by atoms with Gasteiger partial charge in [-0.15, -0.1) is 0 Å². The number of hydrogen-bond donors (Lipinski definition) is 2. The number of nitrogens with one attached hydrogen (secondary N) is 1. The number of esters is 1. The van der Waals surface area contributed by atoms with Gasteiger partial charge in [0, 0.05) is 11.9 Å². The summed E-state index contributed by atoms with van der Waals surface area (Å²) in [5, 5.41) is 8.79. The zero-order valence-corrected chi connectivity index (χ0v) is 8.19. The summed E-state index contributed by atoms with van der Waals surface area (Å²) in [6, 6.07) is 3.36. The predicted molar refractivity (Wildman–Crippen MR) is 53.0 cm³/mol. The average molecular weight is 209 g/mol. The highest BCUT2D eigenvalue weighted by atomic mass is 16.5. The third-order valence-corrected chi connectivity index (χ3v) is 1.65. The molecular weight excluding hydrogens is 198 g/mol. The number of carbonyl (C=O) groups is 2. The Morgan fingerprint density at radius 3 is 2.80 bits per heavy atom. The van der Waals surface area contributed by atoms with E-state index in [1.807, 2.05) is 0 Å². The van der Waals surface area contributed by atoms with Crippen LogP contribution in [0, 0.1) is 0 Å². The van der Waals surface area contributed by atoms with E-state index in [1.165, 1.54) is 6.08 Å². The highest BCUT2D eigenvalue weighted by Crippen LogP contribution is 2.06. The maximum atomic E-state index is 11.2. The topological polar surface area (TPSA) is 79.4 Å². The Balaban J connectivity index is 2.92. The zero-order chi connectivity index (χ0) is 11.3. The van der Waals surface area contributed by atoms with E-state index in [0.29, 0.717) is 5.69 Å². The van der Waals surface area contributed by atoms with Crippen LogP contribution >= 0.6 is 0 Å². The van der Waals surface area contributed by atoms with Crippen LogP contribution in [0.1, 0.15) is 12.6 Å². The Morgan fingerprint density at radius 1 is 1.60 bits per heavy atom. The van der Waals surface area contributed by atoms with E-state index in [1.54, 1.807) is 25.3 Å². The van der Waals surface area contributed by atoms with Crippen LogP contribution in [0.25, 0.3) is 6.08 Å². The number of ether oxygens (including phenoxy) is 1. The van der Waals surface area contributed by atoms with Crippen molar-refractivity contribution in [1.29, 1.82) is 0 Å². The maximum Gasteiger partial charge on any atom is 0.345 e. The van der Waals surface area contributed by atoms with Gasteiger partial charge in [-0.05, 0) is 25.1 Å². The van der Waals surface area contributed by atoms with Crippen LogP contribution < -0.4 is 0 Å². The number of aromatic amines is 1. The van der Waals surface area contributed by atoms with Crippen molar-refractivity contribution < 1.29 is 19.4 Å². The quantitative estimate of drug-likeness (QED) is 0.336. The van der Waals surface area contributed by atoms with Gasteiger partial charge in [-0.25, -0.2) is 9.59 Å². The smallest absolute Gasteiger partial charge is 0.345 e. The van der Waals surface area contributed by atoms with Crippen LogP contribution in [0.4, 0.5) is 0 Å². The molecule has 0 amide bonds. The molecule has 0 atom stereocenters. The molecule has 2 N–H and O–H groups in total. The van der Waals surface area contributed by atoms with Crippen LogP contribution in [0.15, 0.2) is 23.9 Å². The highest BCUT2D eigenvalue weighted by molar-refractivity contribution is 6.16. The van der Waals surface area contributed by atoms with Crippen LogP contribution in [0.5, 0.6) is 0 Å². The average Bonchev–Trinajstić information content (AvgIpc) is 2.66. The monoisotopic (exact) mass is 209 g/mol. The number of rotatable bonds is 4. The van der Waals surface area contributed by atoms with Crippen molar-refractivity contribution in [3.05, 3.63) is 29.6 Å². The van der Waals surface area contributed by atoms with Gasteiger partial charge >= 0.3 is 11.9 Å². The standard InChI is InChI=1S/C10H11NO4/c1-2-15-10(14)8(9(12)13)6-7-4-3-5-11-7/h3-6,11H,2H2,1H3,(H,12,13). The summed E-state index contributed by atoms with van der Waals surface area (Å²) in [7, 11) is 0. The molecule has 0 aromatic carbocycles. The minimum absolute atomic E-state index is 0.147. The highest BCUT2D eigenvalue weighted by Gasteiger charge is 2.18. The molecule has 0 bridgehead atoms. The number of carboxylic acids is 1. The fraction of sp³-hybridized carbons (Fsp3) is 0.200. The first-order valence-electron chi connectivity index (χ1n) is 4.40. The first-order chi connectivity index (χ1) is 7.15. The maximum absolute atomic E-state index is 11.2. The Bertz CT molecular complexity index is 378. The molecule has 1 aromatic rings. The molecule has 0 radical (unpaired) electrons. The molecule has 1 rings (SSSR count). The van der Waals surface area contributed by atoms with Crippen molar-refractivity contribution in [3.63, 3.8) is 0 Å². The molecule has 0 fully saturated rings. The van der Waals surface area contributed by atoms with E-state index in [0.717, 1.165) is 0 Å². The third kappa shape index (κ3) is 2.98. The number of carbonyl (C=O) groups excluding carboxylic acids is 1. The molecule has 80 valence electrons. The first kappa shape index (κ1) is 11.0. The second kappa shape index (κ2) is 4.99. The molecule has 0 saturated carbocycles. The van der Waals surface area contributed by atoms with E-state index >= 15 is 0 Å². The number of H-pyrrole nitrogens is 1. The Kier molecular flexibility index (Phi) is 3.68. The lowest BCUT2D eigenvalue weighted by Gasteiger charge is -2.01. The molecule has 0 aliphatic carbocycles. The fourth-order valence-corrected chi connectivity index (χ4v) is 1.01. The minimum atomic E-state index is -1.30. The van der Waals surface area contributed by atoms with Crippen molar-refractivity contribution >= 4 is 18.0 Å². The second-order valence-electron chi connectivity index (χ2n) is 2.71. The molecule has 0 saturated heterocycles. The summed E-state index contributed by atoms with van der Waals surface area (Å²) in [4.78, 5) is 24.8. The largest absolute Gasteiger partial charge is 0.477 e. The SMILES string of the molecule is CCOC(=O)C(=Cc1ccc[nH]1)C(=O)O. The summed E-state index contributed by atoms with van der Waals surface area (Å²) in [5.41, 5.74) is 0.153. The fourth-order valence-electron chi connectivity index (χ4n) is 1.01. The van der Waals surface area contributed by atoms with Crippen molar-refractivity contribution in [3.8, 4) is 0 Å². The number of aliphatic carboxylic acids is 1. The number of hydrogen-bond acceptors (Lipinski definition) is 3. The molecular formula is C10H11NO4. The van der Waals surface area contributed by atoms with Gasteiger partial charge < -0.3 is 14.8 Å². The lowest BCUT2D eigenvalue weighted by Crippen LogP contribution is -2.15. The van der Waals surface area contributed by atoms with E-state index < -0.39 is 11.9 Å². The van der Waals surface area contributed by atoms with Crippen molar-refractivity contribution in [1.82, 2.24) is 4.98 Å². The summed E-state index contributed by atoms with van der Waals surface area (Å²) in [5.74, 6) is -2.14. The number of carboxylic acid groups (broad SMARTS) is 1. The molecule has 15 heavy (non-hydrogen) atoms. The van der Waals surface area contributed by atoms with Crippen LogP contribution in [-0.2, 0) is 14.3 Å². The summed E-state index contributed by atoms with van der Waals surface area (Å²) < 4.78 is 4.61. The Hall–Kier alpha value is -2.04. The van der Waals surface area contributed by atoms with Gasteiger partial charge in [-0.3, -0.25) is 0 Å². The van der Waals surface area contributed by atoms with Gasteiger partial charge in [0.1, 0.15) is 5.57 Å². The molecule has 0 unspecified atom stereocenters. The van der Waals surface area contributed by atoms with Crippen LogP contribution in [-0.4, -0.2) is 28.6 Å². The van der Waals surface area contributed by atoms with Gasteiger partial charge in [0.2, 0.25) is 0 Å². The zero-order valence-electron chi connectivity index (χ0n) is 8.19. The lowest BCUT2D eigenvalue weighted by atomic mass is 10.2. The predicted octanol–water partition coefficient (Wildman–Crippen LogP) is 1.05. The molecule has 0 aliphatic rings. The van der Waals surface area contributed by atoms with Crippen LogP contribution in [0.2, 0.25) is 0 Å². The van der Waals surface area contributed by atoms with Gasteiger partial charge in [0.15, 0.2) is 0 Å². The molecule has 1 aromatic heterocycles. The Labute approximate surface area is 86.4 Å². The van der Waals surface area contributed by atoms with E-state index in [4.69, 9.17) is 5.11 Å². The van der Waals surface area contributed by atoms with Gasteiger partial charge in [-0.1, -0.05) is 0 Å². The van der Waals surface area contributed by atoms with E-state index in [2.05, 4.69) is 9.72 Å². The first-order valence-corrected chi connectivity index (χ1v) is 4.40. The van der Waals surface area contributed by atoms with Crippen molar-refractivity contribution in [2.45, 2.75) is 6.92 Å². The van der Waals surface area contributed by atoms with Gasteiger partial charge in [0.05, 0.1) is 6.61 Å². The van der Waals surface area contributed by atoms with Crippen molar-refractivity contribution in [2.24, 2.45) is 0 Å².